The van der Waals surface area contributed by atoms with Gasteiger partial charge in [-0.25, -0.2) is 8.42 Å². The Kier molecular flexibility index (Phi) is 6.17. The molecule has 0 aliphatic carbocycles. The van der Waals surface area contributed by atoms with Gasteiger partial charge in [0, 0.05) is 31.5 Å². The number of aryl methyl sites for hydroxylation is 2. The fraction of sp³-hybridized carbons (Fsp3) is 0.381. The highest BCUT2D eigenvalue weighted by molar-refractivity contribution is 7.89. The van der Waals surface area contributed by atoms with Gasteiger partial charge in [0.25, 0.3) is 5.91 Å². The quantitative estimate of drug-likeness (QED) is 0.804. The number of carbonyl (C=O) groups is 1. The highest BCUT2D eigenvalue weighted by Gasteiger charge is 2.26. The molecule has 1 saturated heterocycles. The third kappa shape index (κ3) is 4.79. The van der Waals surface area contributed by atoms with Crippen molar-refractivity contribution in [1.29, 1.82) is 0 Å². The van der Waals surface area contributed by atoms with Crippen LogP contribution in [-0.4, -0.2) is 44.9 Å². The zero-order valence-electron chi connectivity index (χ0n) is 16.4. The maximum atomic E-state index is 12.7. The van der Waals surface area contributed by atoms with Gasteiger partial charge in [0.05, 0.1) is 11.0 Å². The highest BCUT2D eigenvalue weighted by atomic mass is 32.2. The Hall–Kier alpha value is -2.22. The van der Waals surface area contributed by atoms with Crippen LogP contribution in [0.1, 0.15) is 34.3 Å². The zero-order chi connectivity index (χ0) is 20.3. The molecule has 1 heterocycles. The van der Waals surface area contributed by atoms with Crippen LogP contribution in [0.5, 0.6) is 0 Å². The summed E-state index contributed by atoms with van der Waals surface area (Å²) in [6.07, 6.45) is 1.78. The molecule has 0 bridgehead atoms. The van der Waals surface area contributed by atoms with Crippen LogP contribution in [0.3, 0.4) is 0 Å². The summed E-state index contributed by atoms with van der Waals surface area (Å²) in [5.74, 6) is -0.276. The molecule has 6 nitrogen and oxygen atoms in total. The van der Waals surface area contributed by atoms with Gasteiger partial charge in [0.15, 0.2) is 0 Å². The lowest BCUT2D eigenvalue weighted by atomic mass is 10.1. The normalized spacial score (nSPS) is 17.1. The van der Waals surface area contributed by atoms with Crippen molar-refractivity contribution in [3.05, 3.63) is 59.2 Å². The second-order valence-corrected chi connectivity index (χ2v) is 9.32. The van der Waals surface area contributed by atoms with E-state index in [0.29, 0.717) is 18.7 Å². The summed E-state index contributed by atoms with van der Waals surface area (Å²) in [5.41, 5.74) is 3.24. The number of carbonyl (C=O) groups excluding carboxylic acids is 1. The number of ether oxygens (including phenoxy) is 1. The molecule has 1 amide bonds. The number of hydrogen-bond acceptors (Lipinski definition) is 4. The van der Waals surface area contributed by atoms with Crippen molar-refractivity contribution in [2.75, 3.05) is 25.5 Å². The van der Waals surface area contributed by atoms with E-state index in [0.717, 1.165) is 29.7 Å². The SMILES string of the molecule is Cc1cc(C)cc(NC(=O)c2ccc(S(=O)(=O)N(C)C[C@H]3CCCO3)cc2)c1. The number of nitrogens with one attached hydrogen (secondary N) is 1. The lowest BCUT2D eigenvalue weighted by Gasteiger charge is -2.20. The molecule has 1 atom stereocenters. The van der Waals surface area contributed by atoms with E-state index in [1.54, 1.807) is 7.05 Å². The average Bonchev–Trinajstić information content (AvgIpc) is 3.14. The van der Waals surface area contributed by atoms with Crippen LogP contribution in [0, 0.1) is 13.8 Å². The number of benzene rings is 2. The number of nitrogens with zero attached hydrogens (tertiary/aromatic N) is 1. The van der Waals surface area contributed by atoms with Crippen LogP contribution in [0.4, 0.5) is 5.69 Å². The molecule has 28 heavy (non-hydrogen) atoms. The van der Waals surface area contributed by atoms with Gasteiger partial charge in [-0.05, 0) is 74.2 Å². The minimum absolute atomic E-state index is 0.0531. The first-order chi connectivity index (χ1) is 13.3. The lowest BCUT2D eigenvalue weighted by Crippen LogP contribution is -2.34. The molecule has 2 aromatic carbocycles. The molecule has 1 N–H and O–H groups in total. The van der Waals surface area contributed by atoms with Crippen LogP contribution in [0.15, 0.2) is 47.4 Å². The van der Waals surface area contributed by atoms with Gasteiger partial charge in [0.2, 0.25) is 10.0 Å². The van der Waals surface area contributed by atoms with Crippen molar-refractivity contribution in [3.8, 4) is 0 Å². The summed E-state index contributed by atoms with van der Waals surface area (Å²) in [7, 11) is -2.06. The summed E-state index contributed by atoms with van der Waals surface area (Å²) in [6.45, 7) is 4.95. The van der Waals surface area contributed by atoms with E-state index in [4.69, 9.17) is 4.74 Å². The molecule has 0 spiro atoms. The van der Waals surface area contributed by atoms with Crippen LogP contribution in [0.2, 0.25) is 0 Å². The minimum Gasteiger partial charge on any atom is -0.377 e. The standard InChI is InChI=1S/C21H26N2O4S/c1-15-11-16(2)13-18(12-15)22-21(24)17-6-8-20(9-7-17)28(25,26)23(3)14-19-5-4-10-27-19/h6-9,11-13,19H,4-5,10,14H2,1-3H3,(H,22,24)/t19-/m1/s1. The van der Waals surface area contributed by atoms with E-state index < -0.39 is 10.0 Å². The second-order valence-electron chi connectivity index (χ2n) is 7.28. The molecule has 0 saturated carbocycles. The first kappa shape index (κ1) is 20.5. The summed E-state index contributed by atoms with van der Waals surface area (Å²) >= 11 is 0. The molecule has 3 rings (SSSR count). The van der Waals surface area contributed by atoms with Crippen LogP contribution >= 0.6 is 0 Å². The van der Waals surface area contributed by atoms with Gasteiger partial charge in [0.1, 0.15) is 0 Å². The van der Waals surface area contributed by atoms with Crippen molar-refractivity contribution in [2.24, 2.45) is 0 Å². The zero-order valence-corrected chi connectivity index (χ0v) is 17.3. The fourth-order valence-corrected chi connectivity index (χ4v) is 4.58. The van der Waals surface area contributed by atoms with E-state index in [9.17, 15) is 13.2 Å². The first-order valence-electron chi connectivity index (χ1n) is 9.33. The number of amides is 1. The minimum atomic E-state index is -3.62. The topological polar surface area (TPSA) is 75.7 Å². The molecular formula is C21H26N2O4S. The van der Waals surface area contributed by atoms with Crippen molar-refractivity contribution < 1.29 is 17.9 Å². The highest BCUT2D eigenvalue weighted by Crippen LogP contribution is 2.20. The first-order valence-corrected chi connectivity index (χ1v) is 10.8. The van der Waals surface area contributed by atoms with Crippen molar-refractivity contribution in [1.82, 2.24) is 4.31 Å². The van der Waals surface area contributed by atoms with Gasteiger partial charge in [-0.3, -0.25) is 4.79 Å². The van der Waals surface area contributed by atoms with Crippen molar-refractivity contribution in [2.45, 2.75) is 37.7 Å². The number of sulfonamides is 1. The predicted octanol–water partition coefficient (Wildman–Crippen LogP) is 3.36. The second kappa shape index (κ2) is 8.43. The number of hydrogen-bond donors (Lipinski definition) is 1. The maximum Gasteiger partial charge on any atom is 0.255 e. The van der Waals surface area contributed by atoms with E-state index >= 15 is 0 Å². The Morgan fingerprint density at radius 1 is 1.14 bits per heavy atom. The monoisotopic (exact) mass is 402 g/mol. The summed E-state index contributed by atoms with van der Waals surface area (Å²) in [6, 6.07) is 11.8. The van der Waals surface area contributed by atoms with Gasteiger partial charge in [-0.1, -0.05) is 6.07 Å². The largest absolute Gasteiger partial charge is 0.377 e. The van der Waals surface area contributed by atoms with E-state index in [-0.39, 0.29) is 16.9 Å². The molecule has 1 fully saturated rings. The molecular weight excluding hydrogens is 376 g/mol. The fourth-order valence-electron chi connectivity index (χ4n) is 3.38. The Morgan fingerprint density at radius 2 is 1.79 bits per heavy atom. The molecule has 1 aliphatic heterocycles. The molecule has 1 aliphatic rings. The molecule has 2 aromatic rings. The Morgan fingerprint density at radius 3 is 2.36 bits per heavy atom. The summed E-state index contributed by atoms with van der Waals surface area (Å²) in [4.78, 5) is 12.6. The van der Waals surface area contributed by atoms with Crippen molar-refractivity contribution in [3.63, 3.8) is 0 Å². The number of anilines is 1. The average molecular weight is 403 g/mol. The Balaban J connectivity index is 1.70. The van der Waals surface area contributed by atoms with E-state index in [2.05, 4.69) is 5.32 Å². The van der Waals surface area contributed by atoms with Gasteiger partial charge >= 0.3 is 0 Å². The smallest absolute Gasteiger partial charge is 0.255 e. The summed E-state index contributed by atoms with van der Waals surface area (Å²) in [5, 5.41) is 2.85. The molecule has 0 unspecified atom stereocenters. The van der Waals surface area contributed by atoms with Crippen LogP contribution < -0.4 is 5.32 Å². The molecule has 7 heteroatoms. The Labute approximate surface area is 166 Å². The third-order valence-corrected chi connectivity index (χ3v) is 6.63. The van der Waals surface area contributed by atoms with E-state index in [1.807, 2.05) is 32.0 Å². The lowest BCUT2D eigenvalue weighted by molar-refractivity contribution is 0.0979. The van der Waals surface area contributed by atoms with Gasteiger partial charge in [-0.2, -0.15) is 4.31 Å². The molecule has 150 valence electrons. The maximum absolute atomic E-state index is 12.7. The van der Waals surface area contributed by atoms with Gasteiger partial charge in [-0.15, -0.1) is 0 Å². The van der Waals surface area contributed by atoms with E-state index in [1.165, 1.54) is 28.6 Å². The third-order valence-electron chi connectivity index (χ3n) is 4.79. The van der Waals surface area contributed by atoms with Crippen LogP contribution in [0.25, 0.3) is 0 Å². The molecule has 0 radical (unpaired) electrons. The van der Waals surface area contributed by atoms with Gasteiger partial charge < -0.3 is 10.1 Å². The molecule has 0 aromatic heterocycles. The van der Waals surface area contributed by atoms with Crippen LogP contribution in [-0.2, 0) is 14.8 Å². The predicted molar refractivity (Wildman–Crippen MR) is 109 cm³/mol. The number of likely N-dealkylation sites (N-methyl/N-ethyl adjacent to an activating group) is 1. The summed E-state index contributed by atoms with van der Waals surface area (Å²) < 4.78 is 32.3. The Bertz CT molecular complexity index is 929. The van der Waals surface area contributed by atoms with Crippen molar-refractivity contribution >= 4 is 21.6 Å². The number of rotatable bonds is 6.